The Morgan fingerprint density at radius 2 is 1.76 bits per heavy atom. The largest absolute Gasteiger partial charge is 0.505 e. The van der Waals surface area contributed by atoms with E-state index in [1.165, 1.54) is 18.3 Å². The average molecular weight is 440 g/mol. The molecule has 1 heterocycles. The summed E-state index contributed by atoms with van der Waals surface area (Å²) in [6, 6.07) is 15.5. The molecule has 128 valence electrons. The molecule has 0 saturated heterocycles. The van der Waals surface area contributed by atoms with Crippen LogP contribution >= 0.6 is 27.5 Å². The highest BCUT2D eigenvalue weighted by molar-refractivity contribution is 9.10. The number of benzene rings is 2. The summed E-state index contributed by atoms with van der Waals surface area (Å²) in [5.74, 6) is -0.284. The Morgan fingerprint density at radius 3 is 2.48 bits per heavy atom. The van der Waals surface area contributed by atoms with E-state index in [9.17, 15) is 13.5 Å². The summed E-state index contributed by atoms with van der Waals surface area (Å²) in [6.45, 7) is 0. The molecule has 0 radical (unpaired) electrons. The van der Waals surface area contributed by atoms with Gasteiger partial charge in [0, 0.05) is 11.2 Å². The first-order valence-electron chi connectivity index (χ1n) is 7.09. The number of phenols is 1. The number of pyridine rings is 1. The third-order valence-electron chi connectivity index (χ3n) is 3.39. The van der Waals surface area contributed by atoms with Gasteiger partial charge in [0.2, 0.25) is 0 Å². The molecular formula is C17H12BrClN2O3S. The van der Waals surface area contributed by atoms with E-state index in [0.29, 0.717) is 0 Å². The zero-order chi connectivity index (χ0) is 18.0. The van der Waals surface area contributed by atoms with Gasteiger partial charge in [-0.2, -0.15) is 0 Å². The molecule has 0 aliphatic rings. The molecule has 0 amide bonds. The summed E-state index contributed by atoms with van der Waals surface area (Å²) in [5, 5.41) is 10.2. The Morgan fingerprint density at radius 1 is 1.04 bits per heavy atom. The Labute approximate surface area is 158 Å². The van der Waals surface area contributed by atoms with Crippen LogP contribution < -0.4 is 4.72 Å². The number of aromatic nitrogens is 1. The average Bonchev–Trinajstić information content (AvgIpc) is 2.58. The number of anilines is 1. The van der Waals surface area contributed by atoms with Crippen molar-refractivity contribution < 1.29 is 13.5 Å². The van der Waals surface area contributed by atoms with Crippen molar-refractivity contribution >= 4 is 43.4 Å². The molecule has 3 aromatic rings. The van der Waals surface area contributed by atoms with Gasteiger partial charge in [-0.25, -0.2) is 13.4 Å². The summed E-state index contributed by atoms with van der Waals surface area (Å²) in [5.41, 5.74) is 1.74. The lowest BCUT2D eigenvalue weighted by atomic mass is 10.1. The van der Waals surface area contributed by atoms with Crippen molar-refractivity contribution in [2.45, 2.75) is 4.90 Å². The molecule has 8 heteroatoms. The van der Waals surface area contributed by atoms with Gasteiger partial charge in [-0.3, -0.25) is 4.72 Å². The number of nitrogens with one attached hydrogen (secondary N) is 1. The SMILES string of the molecule is O=S(=O)(Nc1cc(-c2ccccc2)ccn1)c1cc(Cl)cc(Br)c1O. The van der Waals surface area contributed by atoms with E-state index >= 15 is 0 Å². The van der Waals surface area contributed by atoms with Crippen molar-refractivity contribution in [1.29, 1.82) is 0 Å². The van der Waals surface area contributed by atoms with Gasteiger partial charge in [0.15, 0.2) is 0 Å². The minimum atomic E-state index is -4.06. The topological polar surface area (TPSA) is 79.3 Å². The van der Waals surface area contributed by atoms with E-state index in [0.717, 1.165) is 11.1 Å². The highest BCUT2D eigenvalue weighted by atomic mass is 79.9. The number of aromatic hydroxyl groups is 1. The van der Waals surface area contributed by atoms with Crippen LogP contribution in [0.5, 0.6) is 5.75 Å². The van der Waals surface area contributed by atoms with Crippen LogP contribution in [-0.4, -0.2) is 18.5 Å². The molecule has 0 fully saturated rings. The molecule has 0 saturated carbocycles. The van der Waals surface area contributed by atoms with E-state index in [1.54, 1.807) is 12.1 Å². The van der Waals surface area contributed by atoms with Crippen molar-refractivity contribution in [2.75, 3.05) is 4.72 Å². The normalized spacial score (nSPS) is 11.3. The Bertz CT molecular complexity index is 1030. The van der Waals surface area contributed by atoms with Crippen molar-refractivity contribution in [3.05, 3.63) is 70.3 Å². The standard InChI is InChI=1S/C17H12BrClN2O3S/c18-14-9-13(19)10-15(17(14)22)25(23,24)21-16-8-12(6-7-20-16)11-4-2-1-3-5-11/h1-10,22H,(H,20,21). The highest BCUT2D eigenvalue weighted by Gasteiger charge is 2.22. The number of nitrogens with zero attached hydrogens (tertiary/aromatic N) is 1. The molecule has 0 spiro atoms. The lowest BCUT2D eigenvalue weighted by molar-refractivity contribution is 0.455. The molecule has 2 aromatic carbocycles. The minimum Gasteiger partial charge on any atom is -0.505 e. The Kier molecular flexibility index (Phi) is 4.99. The van der Waals surface area contributed by atoms with E-state index < -0.39 is 15.8 Å². The fourth-order valence-corrected chi connectivity index (χ4v) is 4.39. The molecule has 2 N–H and O–H groups in total. The molecule has 3 rings (SSSR count). The number of rotatable bonds is 4. The third-order valence-corrected chi connectivity index (χ3v) is 5.58. The van der Waals surface area contributed by atoms with Gasteiger partial charge < -0.3 is 5.11 Å². The van der Waals surface area contributed by atoms with Gasteiger partial charge in [0.05, 0.1) is 4.47 Å². The quantitative estimate of drug-likeness (QED) is 0.619. The Hall–Kier alpha value is -2.09. The molecule has 0 unspecified atom stereocenters. The lowest BCUT2D eigenvalue weighted by Crippen LogP contribution is -2.14. The molecule has 25 heavy (non-hydrogen) atoms. The fourth-order valence-electron chi connectivity index (χ4n) is 2.24. The molecule has 0 atom stereocenters. The van der Waals surface area contributed by atoms with E-state index in [1.807, 2.05) is 30.3 Å². The fraction of sp³-hybridized carbons (Fsp3) is 0. The summed E-state index contributed by atoms with van der Waals surface area (Å²) < 4.78 is 27.7. The zero-order valence-electron chi connectivity index (χ0n) is 12.6. The van der Waals surface area contributed by atoms with Crippen molar-refractivity contribution in [1.82, 2.24) is 4.98 Å². The van der Waals surface area contributed by atoms with Crippen LogP contribution in [0.4, 0.5) is 5.82 Å². The number of phenolic OH excluding ortho intramolecular Hbond substituents is 1. The van der Waals surface area contributed by atoms with Crippen molar-refractivity contribution in [3.63, 3.8) is 0 Å². The monoisotopic (exact) mass is 438 g/mol. The summed E-state index contributed by atoms with van der Waals surface area (Å²) >= 11 is 8.96. The van der Waals surface area contributed by atoms with E-state index in [-0.39, 0.29) is 20.2 Å². The molecule has 0 aliphatic heterocycles. The van der Waals surface area contributed by atoms with Gasteiger partial charge in [-0.05, 0) is 51.3 Å². The van der Waals surface area contributed by atoms with Crippen molar-refractivity contribution in [3.8, 4) is 16.9 Å². The second-order valence-electron chi connectivity index (χ2n) is 5.14. The van der Waals surface area contributed by atoms with Crippen LogP contribution in [0.25, 0.3) is 11.1 Å². The zero-order valence-corrected chi connectivity index (χ0v) is 15.8. The maximum absolute atomic E-state index is 12.6. The van der Waals surface area contributed by atoms with Gasteiger partial charge in [-0.1, -0.05) is 41.9 Å². The first-order chi connectivity index (χ1) is 11.9. The van der Waals surface area contributed by atoms with Gasteiger partial charge in [-0.15, -0.1) is 0 Å². The minimum absolute atomic E-state index is 0.136. The molecule has 0 aliphatic carbocycles. The molecule has 1 aromatic heterocycles. The van der Waals surface area contributed by atoms with Crippen LogP contribution in [0.15, 0.2) is 70.2 Å². The predicted octanol–water partition coefficient (Wildman–Crippen LogP) is 4.67. The van der Waals surface area contributed by atoms with E-state index in [2.05, 4.69) is 25.6 Å². The van der Waals surface area contributed by atoms with Gasteiger partial charge in [0.25, 0.3) is 10.0 Å². The molecular weight excluding hydrogens is 428 g/mol. The summed E-state index contributed by atoms with van der Waals surface area (Å²) in [6.07, 6.45) is 1.51. The smallest absolute Gasteiger partial charge is 0.266 e. The summed E-state index contributed by atoms with van der Waals surface area (Å²) in [7, 11) is -4.06. The van der Waals surface area contributed by atoms with Crippen molar-refractivity contribution in [2.24, 2.45) is 0 Å². The first kappa shape index (κ1) is 17.7. The van der Waals surface area contributed by atoms with Crippen LogP contribution in [0.1, 0.15) is 0 Å². The Balaban J connectivity index is 1.97. The van der Waals surface area contributed by atoms with Crippen LogP contribution in [-0.2, 0) is 10.0 Å². The third kappa shape index (κ3) is 3.95. The van der Waals surface area contributed by atoms with Gasteiger partial charge in [0.1, 0.15) is 16.5 Å². The van der Waals surface area contributed by atoms with E-state index in [4.69, 9.17) is 11.6 Å². The summed E-state index contributed by atoms with van der Waals surface area (Å²) in [4.78, 5) is 3.70. The maximum Gasteiger partial charge on any atom is 0.266 e. The number of hydrogen-bond acceptors (Lipinski definition) is 4. The first-order valence-corrected chi connectivity index (χ1v) is 9.74. The maximum atomic E-state index is 12.6. The second kappa shape index (κ2) is 7.03. The lowest BCUT2D eigenvalue weighted by Gasteiger charge is -2.11. The van der Waals surface area contributed by atoms with Crippen LogP contribution in [0.2, 0.25) is 5.02 Å². The number of hydrogen-bond donors (Lipinski definition) is 2. The second-order valence-corrected chi connectivity index (χ2v) is 8.08. The van der Waals surface area contributed by atoms with Crippen LogP contribution in [0, 0.1) is 0 Å². The highest BCUT2D eigenvalue weighted by Crippen LogP contribution is 2.35. The molecule has 0 bridgehead atoms. The van der Waals surface area contributed by atoms with Crippen LogP contribution in [0.3, 0.4) is 0 Å². The number of halogens is 2. The predicted molar refractivity (Wildman–Crippen MR) is 101 cm³/mol. The number of sulfonamides is 1. The molecule has 5 nitrogen and oxygen atoms in total. The van der Waals surface area contributed by atoms with Gasteiger partial charge >= 0.3 is 0 Å².